The Hall–Kier alpha value is -1.36. The average molecular weight is 251 g/mol. The summed E-state index contributed by atoms with van der Waals surface area (Å²) in [7, 11) is 0. The number of anilines is 1. The van der Waals surface area contributed by atoms with Crippen LogP contribution in [0.3, 0.4) is 0 Å². The molecule has 1 fully saturated rings. The Morgan fingerprint density at radius 3 is 3.00 bits per heavy atom. The quantitative estimate of drug-likeness (QED) is 0.825. The number of aliphatic hydroxyl groups is 1. The number of aryl methyl sites for hydroxylation is 1. The summed E-state index contributed by atoms with van der Waals surface area (Å²) in [6.45, 7) is 5.43. The van der Waals surface area contributed by atoms with Crippen molar-refractivity contribution in [2.45, 2.75) is 45.1 Å². The smallest absolute Gasteiger partial charge is 0.252 e. The number of H-pyrrole nitrogens is 1. The molecule has 5 heteroatoms. The van der Waals surface area contributed by atoms with Crippen LogP contribution in [0.1, 0.15) is 38.9 Å². The fourth-order valence-corrected chi connectivity index (χ4v) is 2.32. The second kappa shape index (κ2) is 5.10. The van der Waals surface area contributed by atoms with Gasteiger partial charge in [-0.05, 0) is 26.2 Å². The molecule has 1 unspecified atom stereocenters. The number of rotatable bonds is 2. The van der Waals surface area contributed by atoms with Gasteiger partial charge in [0.1, 0.15) is 11.6 Å². The minimum Gasteiger partial charge on any atom is -0.390 e. The molecule has 1 aliphatic rings. The molecule has 0 radical (unpaired) electrons. The van der Waals surface area contributed by atoms with E-state index in [0.717, 1.165) is 31.7 Å². The lowest BCUT2D eigenvalue weighted by Gasteiger charge is -2.23. The molecule has 0 bridgehead atoms. The van der Waals surface area contributed by atoms with Crippen molar-refractivity contribution in [2.24, 2.45) is 0 Å². The van der Waals surface area contributed by atoms with E-state index in [4.69, 9.17) is 0 Å². The van der Waals surface area contributed by atoms with E-state index in [9.17, 15) is 9.90 Å². The lowest BCUT2D eigenvalue weighted by molar-refractivity contribution is 0.0481. The van der Waals surface area contributed by atoms with Gasteiger partial charge in [0.05, 0.1) is 5.60 Å². The average Bonchev–Trinajstić information content (AvgIpc) is 2.49. The van der Waals surface area contributed by atoms with E-state index in [2.05, 4.69) is 14.9 Å². The van der Waals surface area contributed by atoms with E-state index in [1.165, 1.54) is 0 Å². The van der Waals surface area contributed by atoms with Gasteiger partial charge in [0.2, 0.25) is 0 Å². The Morgan fingerprint density at radius 2 is 2.28 bits per heavy atom. The molecule has 2 rings (SSSR count). The molecule has 100 valence electrons. The molecule has 1 aromatic rings. The maximum absolute atomic E-state index is 11.6. The highest BCUT2D eigenvalue weighted by Gasteiger charge is 2.25. The first-order valence-electron chi connectivity index (χ1n) is 6.58. The summed E-state index contributed by atoms with van der Waals surface area (Å²) >= 11 is 0. The largest absolute Gasteiger partial charge is 0.390 e. The van der Waals surface area contributed by atoms with Crippen LogP contribution in [-0.4, -0.2) is 33.8 Å². The normalized spacial score (nSPS) is 24.9. The fourth-order valence-electron chi connectivity index (χ4n) is 2.32. The second-order valence-electron chi connectivity index (χ2n) is 5.24. The molecule has 1 saturated heterocycles. The first kappa shape index (κ1) is 13.1. The molecule has 0 spiro atoms. The molecule has 0 aromatic carbocycles. The summed E-state index contributed by atoms with van der Waals surface area (Å²) in [5, 5.41) is 10.1. The van der Waals surface area contributed by atoms with Crippen molar-refractivity contribution < 1.29 is 5.11 Å². The molecule has 0 saturated carbocycles. The van der Waals surface area contributed by atoms with Crippen LogP contribution >= 0.6 is 0 Å². The van der Waals surface area contributed by atoms with Gasteiger partial charge < -0.3 is 15.0 Å². The predicted molar refractivity (Wildman–Crippen MR) is 70.9 cm³/mol. The minimum atomic E-state index is -0.594. The number of nitrogens with zero attached hydrogens (tertiary/aromatic N) is 2. The Labute approximate surface area is 107 Å². The SMILES string of the molecule is CCc1nc(N2CCCC(C)(O)CC2)cc(=O)[nH]1. The summed E-state index contributed by atoms with van der Waals surface area (Å²) in [6.07, 6.45) is 3.15. The van der Waals surface area contributed by atoms with E-state index < -0.39 is 5.60 Å². The first-order chi connectivity index (χ1) is 8.50. The molecule has 2 heterocycles. The van der Waals surface area contributed by atoms with Crippen LogP contribution in [0.4, 0.5) is 5.82 Å². The summed E-state index contributed by atoms with van der Waals surface area (Å²) in [6, 6.07) is 1.54. The molecule has 1 aromatic heterocycles. The van der Waals surface area contributed by atoms with Gasteiger partial charge in [-0.3, -0.25) is 4.79 Å². The molecule has 1 atom stereocenters. The van der Waals surface area contributed by atoms with Gasteiger partial charge in [0.15, 0.2) is 0 Å². The number of aromatic nitrogens is 2. The van der Waals surface area contributed by atoms with Gasteiger partial charge in [-0.1, -0.05) is 6.92 Å². The van der Waals surface area contributed by atoms with Gasteiger partial charge in [0, 0.05) is 25.6 Å². The predicted octanol–water partition coefficient (Wildman–Crippen LogP) is 1.07. The van der Waals surface area contributed by atoms with E-state index in [1.54, 1.807) is 6.07 Å². The minimum absolute atomic E-state index is 0.104. The van der Waals surface area contributed by atoms with E-state index in [-0.39, 0.29) is 5.56 Å². The molecule has 0 amide bonds. The van der Waals surface area contributed by atoms with Gasteiger partial charge >= 0.3 is 0 Å². The van der Waals surface area contributed by atoms with Gasteiger partial charge in [-0.25, -0.2) is 4.98 Å². The highest BCUT2D eigenvalue weighted by Crippen LogP contribution is 2.23. The van der Waals surface area contributed by atoms with Crippen LogP contribution in [0.15, 0.2) is 10.9 Å². The third kappa shape index (κ3) is 3.10. The van der Waals surface area contributed by atoms with Crippen molar-refractivity contribution in [3.8, 4) is 0 Å². The fraction of sp³-hybridized carbons (Fsp3) is 0.692. The van der Waals surface area contributed by atoms with Gasteiger partial charge in [-0.2, -0.15) is 0 Å². The number of aromatic amines is 1. The van der Waals surface area contributed by atoms with Crippen molar-refractivity contribution in [1.29, 1.82) is 0 Å². The molecule has 1 aliphatic heterocycles. The van der Waals surface area contributed by atoms with Crippen LogP contribution in [0, 0.1) is 0 Å². The molecular weight excluding hydrogens is 230 g/mol. The Morgan fingerprint density at radius 1 is 1.50 bits per heavy atom. The molecule has 2 N–H and O–H groups in total. The Bertz CT molecular complexity index is 468. The van der Waals surface area contributed by atoms with Crippen molar-refractivity contribution >= 4 is 5.82 Å². The van der Waals surface area contributed by atoms with Crippen LogP contribution in [0.2, 0.25) is 0 Å². The maximum atomic E-state index is 11.6. The standard InChI is InChI=1S/C13H21N3O2/c1-3-10-14-11(9-12(17)15-10)16-7-4-5-13(2,18)6-8-16/h9,18H,3-8H2,1-2H3,(H,14,15,17). The topological polar surface area (TPSA) is 69.2 Å². The monoisotopic (exact) mass is 251 g/mol. The number of hydrogen-bond donors (Lipinski definition) is 2. The van der Waals surface area contributed by atoms with Crippen LogP contribution < -0.4 is 10.5 Å². The summed E-state index contributed by atoms with van der Waals surface area (Å²) < 4.78 is 0. The summed E-state index contributed by atoms with van der Waals surface area (Å²) in [5.41, 5.74) is -0.698. The molecule has 5 nitrogen and oxygen atoms in total. The second-order valence-corrected chi connectivity index (χ2v) is 5.24. The van der Waals surface area contributed by atoms with E-state index in [1.807, 2.05) is 13.8 Å². The van der Waals surface area contributed by atoms with Crippen molar-refractivity contribution in [3.63, 3.8) is 0 Å². The van der Waals surface area contributed by atoms with Crippen molar-refractivity contribution in [1.82, 2.24) is 9.97 Å². The Balaban J connectivity index is 2.21. The van der Waals surface area contributed by atoms with Gasteiger partial charge in [0.25, 0.3) is 5.56 Å². The summed E-state index contributed by atoms with van der Waals surface area (Å²) in [4.78, 5) is 20.8. The maximum Gasteiger partial charge on any atom is 0.252 e. The van der Waals surface area contributed by atoms with E-state index >= 15 is 0 Å². The third-order valence-electron chi connectivity index (χ3n) is 3.50. The van der Waals surface area contributed by atoms with Crippen molar-refractivity contribution in [2.75, 3.05) is 18.0 Å². The number of hydrogen-bond acceptors (Lipinski definition) is 4. The van der Waals surface area contributed by atoms with Crippen LogP contribution in [0.25, 0.3) is 0 Å². The lowest BCUT2D eigenvalue weighted by Crippen LogP contribution is -2.30. The zero-order valence-electron chi connectivity index (χ0n) is 11.1. The third-order valence-corrected chi connectivity index (χ3v) is 3.50. The highest BCUT2D eigenvalue weighted by molar-refractivity contribution is 5.37. The van der Waals surface area contributed by atoms with Crippen LogP contribution in [0.5, 0.6) is 0 Å². The van der Waals surface area contributed by atoms with E-state index in [0.29, 0.717) is 18.7 Å². The zero-order valence-corrected chi connectivity index (χ0v) is 11.1. The Kier molecular flexibility index (Phi) is 3.71. The first-order valence-corrected chi connectivity index (χ1v) is 6.58. The number of nitrogens with one attached hydrogen (secondary N) is 1. The molecule has 18 heavy (non-hydrogen) atoms. The highest BCUT2D eigenvalue weighted by atomic mass is 16.3. The summed E-state index contributed by atoms with van der Waals surface area (Å²) in [5.74, 6) is 1.45. The molecular formula is C13H21N3O2. The van der Waals surface area contributed by atoms with Crippen molar-refractivity contribution in [3.05, 3.63) is 22.2 Å². The molecule has 0 aliphatic carbocycles. The van der Waals surface area contributed by atoms with Gasteiger partial charge in [-0.15, -0.1) is 0 Å². The zero-order chi connectivity index (χ0) is 13.2. The van der Waals surface area contributed by atoms with Crippen LogP contribution in [-0.2, 0) is 6.42 Å². The lowest BCUT2D eigenvalue weighted by atomic mass is 9.98.